The average Bonchev–Trinajstić information content (AvgIpc) is 2.78. The van der Waals surface area contributed by atoms with E-state index < -0.39 is 20.0 Å². The van der Waals surface area contributed by atoms with E-state index in [-0.39, 0.29) is 23.7 Å². The quantitative estimate of drug-likeness (QED) is 0.159. The zero-order valence-electron chi connectivity index (χ0n) is 22.7. The molecule has 0 saturated heterocycles. The summed E-state index contributed by atoms with van der Waals surface area (Å²) in [6, 6.07) is 17.6. The molecule has 1 N–H and O–H groups in total. The summed E-state index contributed by atoms with van der Waals surface area (Å²) in [5.74, 6) is -0.969. The molecule has 0 aliphatic heterocycles. The third-order valence-electron chi connectivity index (χ3n) is 6.71. The number of ether oxygens (including phenoxy) is 1. The van der Waals surface area contributed by atoms with Crippen molar-refractivity contribution in [1.82, 2.24) is 0 Å². The number of carboxylic acid groups (broad SMARTS) is 1. The second kappa shape index (κ2) is 11.8. The third-order valence-corrected chi connectivity index (χ3v) is 14.4. The van der Waals surface area contributed by atoms with Gasteiger partial charge < -0.3 is 9.84 Å². The van der Waals surface area contributed by atoms with Crippen LogP contribution in [0.5, 0.6) is 5.75 Å². The molecule has 0 heterocycles. The van der Waals surface area contributed by atoms with Gasteiger partial charge in [0.1, 0.15) is 5.75 Å². The smallest absolute Gasteiger partial charge is 0.311 e. The zero-order valence-corrected chi connectivity index (χ0v) is 24.5. The first kappa shape index (κ1) is 29.2. The van der Waals surface area contributed by atoms with Crippen molar-refractivity contribution in [2.24, 2.45) is 0 Å². The summed E-state index contributed by atoms with van der Waals surface area (Å²) in [5.41, 5.74) is 1.74. The Kier molecular flexibility index (Phi) is 9.83. The van der Waals surface area contributed by atoms with Crippen LogP contribution in [-0.2, 0) is 20.4 Å². The Balaban J connectivity index is 2.52. The topological polar surface area (TPSA) is 63.6 Å². The number of carboxylic acids is 1. The first-order valence-corrected chi connectivity index (χ1v) is 16.1. The van der Waals surface area contributed by atoms with Crippen molar-refractivity contribution >= 4 is 37.0 Å². The molecule has 0 aliphatic carbocycles. The van der Waals surface area contributed by atoms with Gasteiger partial charge in [-0.15, -0.1) is 11.8 Å². The maximum Gasteiger partial charge on any atom is 0.311 e. The third kappa shape index (κ3) is 7.71. The Morgan fingerprint density at radius 3 is 1.94 bits per heavy atom. The van der Waals surface area contributed by atoms with Crippen LogP contribution in [-0.4, -0.2) is 30.5 Å². The van der Waals surface area contributed by atoms with Crippen LogP contribution >= 0.6 is 11.8 Å². The van der Waals surface area contributed by atoms with Crippen molar-refractivity contribution in [3.63, 3.8) is 0 Å². The fourth-order valence-electron chi connectivity index (χ4n) is 4.27. The van der Waals surface area contributed by atoms with Gasteiger partial charge in [-0.1, -0.05) is 103 Å². The number of hydrogen-bond donors (Lipinski definition) is 1. The van der Waals surface area contributed by atoms with Gasteiger partial charge in [0.2, 0.25) is 0 Å². The minimum absolute atomic E-state index is 0.140. The van der Waals surface area contributed by atoms with Crippen molar-refractivity contribution < 1.29 is 19.4 Å². The molecule has 2 aromatic rings. The lowest BCUT2D eigenvalue weighted by Gasteiger charge is -2.32. The second-order valence-corrected chi connectivity index (χ2v) is 17.8. The summed E-state index contributed by atoms with van der Waals surface area (Å²) in [4.78, 5) is 24.6. The summed E-state index contributed by atoms with van der Waals surface area (Å²) < 4.78 is 5.77. The highest BCUT2D eigenvalue weighted by molar-refractivity contribution is 8.01. The molecule has 0 amide bonds. The van der Waals surface area contributed by atoms with Crippen LogP contribution < -0.4 is 9.92 Å². The summed E-state index contributed by atoms with van der Waals surface area (Å²) in [7, 11) is -1.69. The lowest BCUT2D eigenvalue weighted by atomic mass is 9.81. The minimum Gasteiger partial charge on any atom is -0.481 e. The molecule has 0 aromatic heterocycles. The highest BCUT2D eigenvalue weighted by Gasteiger charge is 2.33. The van der Waals surface area contributed by atoms with Crippen LogP contribution in [0.2, 0.25) is 12.1 Å². The molecule has 0 fully saturated rings. The standard InChI is InChI=1S/C29H42O4SSi/c1-9-35(10-2,21-14-12-11-13-15-21)20-34-25-19-22(28(3,4)5)24(18-23(25)29(6,7)8)33-27(32)17-16-26(30)31/h11-15,18-19H,9-10,16-17,20H2,1-8H3,(H,30,31). The maximum atomic E-state index is 12.4. The monoisotopic (exact) mass is 514 g/mol. The number of thioether (sulfide) groups is 1. The predicted molar refractivity (Wildman–Crippen MR) is 150 cm³/mol. The van der Waals surface area contributed by atoms with E-state index in [0.29, 0.717) is 5.75 Å². The summed E-state index contributed by atoms with van der Waals surface area (Å²) in [6.07, 6.45) is -0.373. The Morgan fingerprint density at radius 1 is 0.886 bits per heavy atom. The molecule has 35 heavy (non-hydrogen) atoms. The van der Waals surface area contributed by atoms with Crippen molar-refractivity contribution in [2.45, 2.75) is 96.0 Å². The lowest BCUT2D eigenvalue weighted by Crippen LogP contribution is -2.49. The fourth-order valence-corrected chi connectivity index (χ4v) is 11.2. The Hall–Kier alpha value is -2.05. The number of esters is 1. The molecule has 192 valence electrons. The van der Waals surface area contributed by atoms with Gasteiger partial charge in [0.05, 0.1) is 20.9 Å². The average molecular weight is 515 g/mol. The first-order chi connectivity index (χ1) is 16.2. The van der Waals surface area contributed by atoms with Gasteiger partial charge in [-0.05, 0) is 33.9 Å². The summed E-state index contributed by atoms with van der Waals surface area (Å²) >= 11 is 1.94. The van der Waals surface area contributed by atoms with Gasteiger partial charge in [0, 0.05) is 10.5 Å². The molecule has 0 spiro atoms. The highest BCUT2D eigenvalue weighted by atomic mass is 32.2. The summed E-state index contributed by atoms with van der Waals surface area (Å²) in [5, 5.41) is 11.5. The number of rotatable bonds is 10. The Morgan fingerprint density at radius 2 is 1.46 bits per heavy atom. The van der Waals surface area contributed by atoms with Crippen LogP contribution in [0.25, 0.3) is 0 Å². The molecular weight excluding hydrogens is 472 g/mol. The fraction of sp³-hybridized carbons (Fsp3) is 0.517. The highest BCUT2D eigenvalue weighted by Crippen LogP contribution is 2.42. The maximum absolute atomic E-state index is 12.4. The predicted octanol–water partition coefficient (Wildman–Crippen LogP) is 7.08. The molecule has 0 aliphatic rings. The van der Waals surface area contributed by atoms with Gasteiger partial charge in [0.25, 0.3) is 0 Å². The van der Waals surface area contributed by atoms with Crippen LogP contribution in [0.15, 0.2) is 47.4 Å². The lowest BCUT2D eigenvalue weighted by molar-refractivity contribution is -0.142. The molecule has 0 atom stereocenters. The normalized spacial score (nSPS) is 12.5. The van der Waals surface area contributed by atoms with E-state index >= 15 is 0 Å². The zero-order chi connectivity index (χ0) is 26.4. The van der Waals surface area contributed by atoms with Gasteiger partial charge in [0.15, 0.2) is 0 Å². The number of carbonyl (C=O) groups is 2. The SMILES string of the molecule is CC[Si](CC)(CSc1cc(C(C)(C)C)c(OC(=O)CCC(=O)O)cc1C(C)(C)C)c1ccccc1. The van der Waals surface area contributed by atoms with Crippen molar-refractivity contribution in [2.75, 3.05) is 5.38 Å². The minimum atomic E-state index is -1.69. The number of hydrogen-bond acceptors (Lipinski definition) is 4. The van der Waals surface area contributed by atoms with Gasteiger partial charge in [-0.25, -0.2) is 0 Å². The molecular formula is C29H42O4SSi. The molecule has 0 unspecified atom stereocenters. The van der Waals surface area contributed by atoms with Crippen LogP contribution in [0.4, 0.5) is 0 Å². The Bertz CT molecular complexity index is 1020. The van der Waals surface area contributed by atoms with Crippen molar-refractivity contribution in [1.29, 1.82) is 0 Å². The molecule has 4 nitrogen and oxygen atoms in total. The number of aliphatic carboxylic acids is 1. The van der Waals surface area contributed by atoms with Crippen molar-refractivity contribution in [3.05, 3.63) is 53.6 Å². The van der Waals surface area contributed by atoms with E-state index in [1.807, 2.05) is 17.8 Å². The molecule has 0 bridgehead atoms. The van der Waals surface area contributed by atoms with Crippen LogP contribution in [0, 0.1) is 0 Å². The van der Waals surface area contributed by atoms with Crippen LogP contribution in [0.1, 0.15) is 79.4 Å². The molecule has 6 heteroatoms. The number of benzene rings is 2. The second-order valence-electron chi connectivity index (χ2n) is 11.4. The summed E-state index contributed by atoms with van der Waals surface area (Å²) in [6.45, 7) is 17.5. The van der Waals surface area contributed by atoms with Gasteiger partial charge >= 0.3 is 11.9 Å². The van der Waals surface area contributed by atoms with Gasteiger partial charge in [-0.2, -0.15) is 0 Å². The molecule has 0 radical (unpaired) electrons. The molecule has 2 rings (SSSR count). The van der Waals surface area contributed by atoms with Gasteiger partial charge in [-0.3, -0.25) is 9.59 Å². The molecule has 2 aromatic carbocycles. The molecule has 0 saturated carbocycles. The number of carbonyl (C=O) groups excluding carboxylic acids is 1. The van der Waals surface area contributed by atoms with Crippen molar-refractivity contribution in [3.8, 4) is 5.75 Å². The first-order valence-electron chi connectivity index (χ1n) is 12.5. The van der Waals surface area contributed by atoms with E-state index in [1.165, 1.54) is 22.2 Å². The van der Waals surface area contributed by atoms with Crippen LogP contribution in [0.3, 0.4) is 0 Å². The van der Waals surface area contributed by atoms with E-state index in [2.05, 4.69) is 91.8 Å². The van der Waals surface area contributed by atoms with E-state index in [1.54, 1.807) is 0 Å². The van der Waals surface area contributed by atoms with E-state index in [0.717, 1.165) is 16.5 Å². The van der Waals surface area contributed by atoms with E-state index in [9.17, 15) is 9.59 Å². The Labute approximate surface area is 216 Å². The van der Waals surface area contributed by atoms with E-state index in [4.69, 9.17) is 9.84 Å². The largest absolute Gasteiger partial charge is 0.481 e.